The van der Waals surface area contributed by atoms with Crippen LogP contribution in [0.1, 0.15) is 22.3 Å². The van der Waals surface area contributed by atoms with Crippen LogP contribution in [0.2, 0.25) is 5.02 Å². The summed E-state index contributed by atoms with van der Waals surface area (Å²) >= 11 is 5.92. The first-order valence-corrected chi connectivity index (χ1v) is 9.53. The summed E-state index contributed by atoms with van der Waals surface area (Å²) in [5.41, 5.74) is 3.79. The van der Waals surface area contributed by atoms with E-state index < -0.39 is 5.97 Å². The molecular formula is C24H18ClNO3. The molecule has 0 unspecified atom stereocenters. The smallest absolute Gasteiger partial charge is 0.363 e. The highest BCUT2D eigenvalue weighted by Gasteiger charge is 2.25. The summed E-state index contributed by atoms with van der Waals surface area (Å²) < 4.78 is 11.3. The Labute approximate surface area is 174 Å². The number of rotatable bonds is 5. The van der Waals surface area contributed by atoms with Crippen LogP contribution in [0.4, 0.5) is 0 Å². The van der Waals surface area contributed by atoms with Gasteiger partial charge in [0.05, 0.1) is 0 Å². The van der Waals surface area contributed by atoms with E-state index in [0.29, 0.717) is 23.3 Å². The van der Waals surface area contributed by atoms with Gasteiger partial charge in [-0.25, -0.2) is 9.79 Å². The van der Waals surface area contributed by atoms with Crippen LogP contribution in [0.3, 0.4) is 0 Å². The molecular weight excluding hydrogens is 386 g/mol. The van der Waals surface area contributed by atoms with E-state index in [0.717, 1.165) is 22.3 Å². The van der Waals surface area contributed by atoms with Crippen molar-refractivity contribution in [2.45, 2.75) is 13.5 Å². The van der Waals surface area contributed by atoms with Crippen LogP contribution in [0.5, 0.6) is 5.75 Å². The second kappa shape index (κ2) is 8.33. The maximum Gasteiger partial charge on any atom is 0.363 e. The first kappa shape index (κ1) is 19.0. The van der Waals surface area contributed by atoms with Gasteiger partial charge < -0.3 is 9.47 Å². The molecule has 144 valence electrons. The fourth-order valence-corrected chi connectivity index (χ4v) is 3.08. The van der Waals surface area contributed by atoms with Gasteiger partial charge in [0.25, 0.3) is 0 Å². The van der Waals surface area contributed by atoms with Crippen LogP contribution in [-0.4, -0.2) is 11.9 Å². The zero-order valence-corrected chi connectivity index (χ0v) is 16.5. The number of hydrogen-bond acceptors (Lipinski definition) is 4. The van der Waals surface area contributed by atoms with Gasteiger partial charge in [-0.2, -0.15) is 0 Å². The highest BCUT2D eigenvalue weighted by molar-refractivity contribution is 6.30. The lowest BCUT2D eigenvalue weighted by Gasteiger charge is -2.09. The Hall–Kier alpha value is -3.37. The number of benzene rings is 3. The molecule has 1 heterocycles. The molecule has 0 spiro atoms. The third-order valence-corrected chi connectivity index (χ3v) is 4.77. The summed E-state index contributed by atoms with van der Waals surface area (Å²) in [5.74, 6) is 0.497. The lowest BCUT2D eigenvalue weighted by molar-refractivity contribution is -0.129. The Morgan fingerprint density at radius 1 is 1.00 bits per heavy atom. The van der Waals surface area contributed by atoms with Gasteiger partial charge in [-0.1, -0.05) is 60.1 Å². The predicted molar refractivity (Wildman–Crippen MR) is 114 cm³/mol. The minimum Gasteiger partial charge on any atom is -0.488 e. The maximum absolute atomic E-state index is 12.3. The standard InChI is InChI=1S/C24H18ClNO3/c1-16-6-2-4-8-20(16)23-26-21(24(27)29-23)14-18-7-3-5-9-22(18)28-15-17-10-12-19(25)13-11-17/h2-14H,15H2,1H3/b21-14+. The van der Waals surface area contributed by atoms with E-state index in [1.54, 1.807) is 6.08 Å². The van der Waals surface area contributed by atoms with Crippen molar-refractivity contribution in [2.24, 2.45) is 4.99 Å². The van der Waals surface area contributed by atoms with Gasteiger partial charge in [0, 0.05) is 16.1 Å². The molecule has 3 aromatic rings. The average Bonchev–Trinajstić information content (AvgIpc) is 3.09. The van der Waals surface area contributed by atoms with Crippen LogP contribution < -0.4 is 4.74 Å². The summed E-state index contributed by atoms with van der Waals surface area (Å²) in [6.45, 7) is 2.34. The van der Waals surface area contributed by atoms with Crippen LogP contribution in [0, 0.1) is 6.92 Å². The van der Waals surface area contributed by atoms with E-state index in [9.17, 15) is 4.79 Å². The van der Waals surface area contributed by atoms with Crippen LogP contribution >= 0.6 is 11.6 Å². The molecule has 5 heteroatoms. The second-order valence-electron chi connectivity index (χ2n) is 6.60. The lowest BCUT2D eigenvalue weighted by atomic mass is 10.1. The molecule has 0 aromatic heterocycles. The van der Waals surface area contributed by atoms with Crippen molar-refractivity contribution in [3.63, 3.8) is 0 Å². The number of para-hydroxylation sites is 1. The van der Waals surface area contributed by atoms with Crippen molar-refractivity contribution in [1.82, 2.24) is 0 Å². The molecule has 0 saturated heterocycles. The van der Waals surface area contributed by atoms with Crippen LogP contribution in [0.15, 0.2) is 83.5 Å². The third-order valence-electron chi connectivity index (χ3n) is 4.51. The van der Waals surface area contributed by atoms with E-state index >= 15 is 0 Å². The monoisotopic (exact) mass is 403 g/mol. The van der Waals surface area contributed by atoms with Gasteiger partial charge in [-0.3, -0.25) is 0 Å². The molecule has 0 bridgehead atoms. The number of carbonyl (C=O) groups is 1. The lowest BCUT2D eigenvalue weighted by Crippen LogP contribution is -2.06. The maximum atomic E-state index is 12.3. The highest BCUT2D eigenvalue weighted by Crippen LogP contribution is 2.26. The summed E-state index contributed by atoms with van der Waals surface area (Å²) in [6.07, 6.45) is 1.69. The zero-order valence-electron chi connectivity index (χ0n) is 15.8. The van der Waals surface area contributed by atoms with Gasteiger partial charge in [0.15, 0.2) is 5.70 Å². The van der Waals surface area contributed by atoms with Gasteiger partial charge in [0.2, 0.25) is 5.90 Å². The van der Waals surface area contributed by atoms with Crippen molar-refractivity contribution >= 4 is 29.5 Å². The Morgan fingerprint density at radius 2 is 1.72 bits per heavy atom. The van der Waals surface area contributed by atoms with Crippen LogP contribution in [-0.2, 0) is 16.1 Å². The minimum absolute atomic E-state index is 0.241. The highest BCUT2D eigenvalue weighted by atomic mass is 35.5. The molecule has 0 saturated carbocycles. The fraction of sp³-hybridized carbons (Fsp3) is 0.0833. The second-order valence-corrected chi connectivity index (χ2v) is 7.04. The Bertz CT molecular complexity index is 1120. The van der Waals surface area contributed by atoms with Crippen molar-refractivity contribution in [1.29, 1.82) is 0 Å². The zero-order chi connectivity index (χ0) is 20.2. The molecule has 0 amide bonds. The average molecular weight is 404 g/mol. The quantitative estimate of drug-likeness (QED) is 0.413. The molecule has 1 aliphatic heterocycles. The van der Waals surface area contributed by atoms with E-state index in [1.807, 2.05) is 79.7 Å². The van der Waals surface area contributed by atoms with Crippen molar-refractivity contribution in [3.8, 4) is 5.75 Å². The Balaban J connectivity index is 1.58. The number of ether oxygens (including phenoxy) is 2. The normalized spacial score (nSPS) is 14.6. The van der Waals surface area contributed by atoms with Crippen LogP contribution in [0.25, 0.3) is 6.08 Å². The van der Waals surface area contributed by atoms with Gasteiger partial charge in [-0.05, 0) is 48.4 Å². The summed E-state index contributed by atoms with van der Waals surface area (Å²) in [4.78, 5) is 16.7. The first-order chi connectivity index (χ1) is 14.1. The van der Waals surface area contributed by atoms with Gasteiger partial charge in [0.1, 0.15) is 12.4 Å². The van der Waals surface area contributed by atoms with Gasteiger partial charge in [-0.15, -0.1) is 0 Å². The number of hydrogen-bond donors (Lipinski definition) is 0. The predicted octanol–water partition coefficient (Wildman–Crippen LogP) is 5.57. The topological polar surface area (TPSA) is 47.9 Å². The summed E-state index contributed by atoms with van der Waals surface area (Å²) in [6, 6.07) is 22.6. The number of carbonyl (C=O) groups excluding carboxylic acids is 1. The number of cyclic esters (lactones) is 1. The minimum atomic E-state index is -0.476. The first-order valence-electron chi connectivity index (χ1n) is 9.15. The van der Waals surface area contributed by atoms with E-state index in [1.165, 1.54) is 0 Å². The molecule has 29 heavy (non-hydrogen) atoms. The number of halogens is 1. The number of aliphatic imine (C=N–C) groups is 1. The Kier molecular flexibility index (Phi) is 5.45. The summed E-state index contributed by atoms with van der Waals surface area (Å²) in [5, 5.41) is 0.681. The summed E-state index contributed by atoms with van der Waals surface area (Å²) in [7, 11) is 0. The van der Waals surface area contributed by atoms with E-state index in [2.05, 4.69) is 4.99 Å². The van der Waals surface area contributed by atoms with Crippen molar-refractivity contribution < 1.29 is 14.3 Å². The van der Waals surface area contributed by atoms with Gasteiger partial charge >= 0.3 is 5.97 Å². The van der Waals surface area contributed by atoms with E-state index in [-0.39, 0.29) is 5.70 Å². The number of esters is 1. The largest absolute Gasteiger partial charge is 0.488 e. The SMILES string of the molecule is Cc1ccccc1C1=N/C(=C/c2ccccc2OCc2ccc(Cl)cc2)C(=O)O1. The van der Waals surface area contributed by atoms with Crippen molar-refractivity contribution in [2.75, 3.05) is 0 Å². The molecule has 1 aliphatic rings. The molecule has 0 aliphatic carbocycles. The molecule has 0 atom stereocenters. The molecule has 0 N–H and O–H groups in total. The van der Waals surface area contributed by atoms with E-state index in [4.69, 9.17) is 21.1 Å². The molecule has 0 radical (unpaired) electrons. The molecule has 4 rings (SSSR count). The fourth-order valence-electron chi connectivity index (χ4n) is 2.96. The number of nitrogens with zero attached hydrogens (tertiary/aromatic N) is 1. The molecule has 4 nitrogen and oxygen atoms in total. The Morgan fingerprint density at radius 3 is 2.52 bits per heavy atom. The third kappa shape index (κ3) is 4.39. The van der Waals surface area contributed by atoms with Crippen molar-refractivity contribution in [3.05, 3.63) is 106 Å². The number of aryl methyl sites for hydroxylation is 1. The molecule has 3 aromatic carbocycles. The molecule has 0 fully saturated rings.